The Balaban J connectivity index is 2.04. The van der Waals surface area contributed by atoms with Gasteiger partial charge in [-0.05, 0) is 26.7 Å². The van der Waals surface area contributed by atoms with E-state index < -0.39 is 0 Å². The molecule has 0 amide bonds. The lowest BCUT2D eigenvalue weighted by atomic mass is 10.1. The molecule has 1 saturated heterocycles. The van der Waals surface area contributed by atoms with Gasteiger partial charge in [0.25, 0.3) is 0 Å². The minimum absolute atomic E-state index is 0.0225. The molecule has 1 aliphatic rings. The van der Waals surface area contributed by atoms with E-state index >= 15 is 0 Å². The zero-order valence-corrected chi connectivity index (χ0v) is 9.84. The predicted octanol–water partition coefficient (Wildman–Crippen LogP) is 1.10. The molecule has 0 aliphatic carbocycles. The maximum Gasteiger partial charge on any atom is 0.306 e. The highest BCUT2D eigenvalue weighted by Crippen LogP contribution is 2.28. The summed E-state index contributed by atoms with van der Waals surface area (Å²) >= 11 is 0. The molecule has 0 aromatic carbocycles. The van der Waals surface area contributed by atoms with Gasteiger partial charge in [-0.15, -0.1) is 0 Å². The first-order valence-corrected chi connectivity index (χ1v) is 5.49. The molecule has 1 atom stereocenters. The van der Waals surface area contributed by atoms with E-state index in [9.17, 15) is 4.79 Å². The molecule has 4 heteroatoms. The van der Waals surface area contributed by atoms with Crippen molar-refractivity contribution in [3.8, 4) is 0 Å². The Morgan fingerprint density at radius 3 is 2.87 bits per heavy atom. The summed E-state index contributed by atoms with van der Waals surface area (Å²) in [6.07, 6.45) is 2.92. The highest BCUT2D eigenvalue weighted by molar-refractivity contribution is 5.69. The maximum absolute atomic E-state index is 10.8. The van der Waals surface area contributed by atoms with Crippen LogP contribution in [-0.2, 0) is 14.3 Å². The van der Waals surface area contributed by atoms with E-state index in [2.05, 4.69) is 23.9 Å². The molecular weight excluding hydrogens is 194 g/mol. The summed E-state index contributed by atoms with van der Waals surface area (Å²) in [5.74, 6) is -0.171. The third-order valence-corrected chi connectivity index (χ3v) is 2.66. The zero-order chi connectivity index (χ0) is 11.3. The highest BCUT2D eigenvalue weighted by Gasteiger charge is 2.30. The van der Waals surface area contributed by atoms with E-state index in [0.717, 1.165) is 19.4 Å². The second-order valence-corrected chi connectivity index (χ2v) is 4.57. The molecule has 1 aliphatic heterocycles. The summed E-state index contributed by atoms with van der Waals surface area (Å²) in [5, 5.41) is 3.20. The normalized spacial score (nSPS) is 24.1. The van der Waals surface area contributed by atoms with Gasteiger partial charge < -0.3 is 14.8 Å². The summed E-state index contributed by atoms with van der Waals surface area (Å²) in [7, 11) is 1.41. The average molecular weight is 215 g/mol. The molecule has 1 heterocycles. The number of hydrogen-bond acceptors (Lipinski definition) is 4. The van der Waals surface area contributed by atoms with Gasteiger partial charge in [-0.2, -0.15) is 0 Å². The standard InChI is InChI=1S/C11H21NO3/c1-11(2)6-4-9(15-11)8-12-7-5-10(13)14-3/h9,12H,4-8H2,1-3H3. The summed E-state index contributed by atoms with van der Waals surface area (Å²) in [4.78, 5) is 10.8. The Morgan fingerprint density at radius 1 is 1.60 bits per heavy atom. The predicted molar refractivity (Wildman–Crippen MR) is 57.7 cm³/mol. The number of carbonyl (C=O) groups excluding carboxylic acids is 1. The molecule has 88 valence electrons. The Kier molecular flexibility index (Phi) is 4.54. The number of rotatable bonds is 5. The average Bonchev–Trinajstić information content (AvgIpc) is 2.52. The lowest BCUT2D eigenvalue weighted by molar-refractivity contribution is -0.140. The molecule has 0 aromatic rings. The van der Waals surface area contributed by atoms with Gasteiger partial charge in [-0.25, -0.2) is 0 Å². The molecule has 0 radical (unpaired) electrons. The molecule has 0 spiro atoms. The summed E-state index contributed by atoms with van der Waals surface area (Å²) in [6, 6.07) is 0. The van der Waals surface area contributed by atoms with E-state index in [1.165, 1.54) is 7.11 Å². The van der Waals surface area contributed by atoms with Gasteiger partial charge >= 0.3 is 5.97 Å². The maximum atomic E-state index is 10.8. The Labute approximate surface area is 91.3 Å². The van der Waals surface area contributed by atoms with Gasteiger partial charge in [0.15, 0.2) is 0 Å². The number of carbonyl (C=O) groups is 1. The minimum Gasteiger partial charge on any atom is -0.469 e. The van der Waals surface area contributed by atoms with E-state index in [4.69, 9.17) is 4.74 Å². The third-order valence-electron chi connectivity index (χ3n) is 2.66. The van der Waals surface area contributed by atoms with Crippen molar-refractivity contribution in [1.29, 1.82) is 0 Å². The lowest BCUT2D eigenvalue weighted by Gasteiger charge is -2.19. The van der Waals surface area contributed by atoms with Crippen molar-refractivity contribution < 1.29 is 14.3 Å². The first-order valence-electron chi connectivity index (χ1n) is 5.49. The topological polar surface area (TPSA) is 47.6 Å². The van der Waals surface area contributed by atoms with Crippen LogP contribution in [0, 0.1) is 0 Å². The van der Waals surface area contributed by atoms with Crippen molar-refractivity contribution in [2.45, 2.75) is 44.8 Å². The molecule has 0 aromatic heterocycles. The van der Waals surface area contributed by atoms with E-state index in [-0.39, 0.29) is 17.7 Å². The SMILES string of the molecule is COC(=O)CCNCC1CCC(C)(C)O1. The summed E-state index contributed by atoms with van der Waals surface area (Å²) in [6.45, 7) is 5.70. The fourth-order valence-corrected chi connectivity index (χ4v) is 1.78. The molecule has 1 N–H and O–H groups in total. The van der Waals surface area contributed by atoms with Crippen molar-refractivity contribution >= 4 is 5.97 Å². The van der Waals surface area contributed by atoms with Crippen LogP contribution in [0.3, 0.4) is 0 Å². The van der Waals surface area contributed by atoms with Crippen molar-refractivity contribution in [3.05, 3.63) is 0 Å². The van der Waals surface area contributed by atoms with Crippen LogP contribution in [0.15, 0.2) is 0 Å². The van der Waals surface area contributed by atoms with E-state index in [1.54, 1.807) is 0 Å². The van der Waals surface area contributed by atoms with Crippen LogP contribution in [0.5, 0.6) is 0 Å². The van der Waals surface area contributed by atoms with Crippen LogP contribution in [0.2, 0.25) is 0 Å². The highest BCUT2D eigenvalue weighted by atomic mass is 16.5. The van der Waals surface area contributed by atoms with Crippen LogP contribution in [0.1, 0.15) is 33.1 Å². The fraction of sp³-hybridized carbons (Fsp3) is 0.909. The lowest BCUT2D eigenvalue weighted by Crippen LogP contribution is -2.30. The molecule has 0 bridgehead atoms. The van der Waals surface area contributed by atoms with Gasteiger partial charge in [0.2, 0.25) is 0 Å². The van der Waals surface area contributed by atoms with Gasteiger partial charge in [0.05, 0.1) is 25.2 Å². The van der Waals surface area contributed by atoms with Crippen molar-refractivity contribution in [3.63, 3.8) is 0 Å². The van der Waals surface area contributed by atoms with Gasteiger partial charge in [-0.3, -0.25) is 4.79 Å². The monoisotopic (exact) mass is 215 g/mol. The first kappa shape index (κ1) is 12.5. The number of methoxy groups -OCH3 is 1. The van der Waals surface area contributed by atoms with Crippen LogP contribution < -0.4 is 5.32 Å². The molecule has 1 fully saturated rings. The Bertz CT molecular complexity index is 216. The van der Waals surface area contributed by atoms with Crippen molar-refractivity contribution in [2.24, 2.45) is 0 Å². The minimum atomic E-state index is -0.171. The van der Waals surface area contributed by atoms with Gasteiger partial charge in [0, 0.05) is 13.1 Å². The zero-order valence-electron chi connectivity index (χ0n) is 9.84. The van der Waals surface area contributed by atoms with E-state index in [0.29, 0.717) is 13.0 Å². The smallest absolute Gasteiger partial charge is 0.306 e. The van der Waals surface area contributed by atoms with Crippen molar-refractivity contribution in [2.75, 3.05) is 20.2 Å². The number of esters is 1. The fourth-order valence-electron chi connectivity index (χ4n) is 1.78. The van der Waals surface area contributed by atoms with Crippen molar-refractivity contribution in [1.82, 2.24) is 5.32 Å². The van der Waals surface area contributed by atoms with E-state index in [1.807, 2.05) is 0 Å². The van der Waals surface area contributed by atoms with Gasteiger partial charge in [0.1, 0.15) is 0 Å². The van der Waals surface area contributed by atoms with Crippen LogP contribution >= 0.6 is 0 Å². The summed E-state index contributed by atoms with van der Waals surface area (Å²) in [5.41, 5.74) is 0.0225. The summed E-state index contributed by atoms with van der Waals surface area (Å²) < 4.78 is 10.3. The second-order valence-electron chi connectivity index (χ2n) is 4.57. The first-order chi connectivity index (χ1) is 7.03. The number of hydrogen-bond donors (Lipinski definition) is 1. The molecule has 15 heavy (non-hydrogen) atoms. The third kappa shape index (κ3) is 4.62. The Morgan fingerprint density at radius 2 is 2.33 bits per heavy atom. The Hall–Kier alpha value is -0.610. The van der Waals surface area contributed by atoms with Crippen LogP contribution in [0.4, 0.5) is 0 Å². The van der Waals surface area contributed by atoms with Crippen LogP contribution in [-0.4, -0.2) is 37.9 Å². The largest absolute Gasteiger partial charge is 0.469 e. The number of ether oxygens (including phenoxy) is 2. The number of nitrogens with one attached hydrogen (secondary N) is 1. The molecule has 0 saturated carbocycles. The van der Waals surface area contributed by atoms with Crippen LogP contribution in [0.25, 0.3) is 0 Å². The van der Waals surface area contributed by atoms with Gasteiger partial charge in [-0.1, -0.05) is 0 Å². The second kappa shape index (κ2) is 5.47. The molecular formula is C11H21NO3. The molecule has 1 rings (SSSR count). The molecule has 4 nitrogen and oxygen atoms in total. The molecule has 1 unspecified atom stereocenters. The quantitative estimate of drug-likeness (QED) is 0.551.